The second kappa shape index (κ2) is 4.77. The van der Waals surface area contributed by atoms with Crippen LogP contribution in [-0.4, -0.2) is 25.3 Å². The number of ether oxygens (including phenoxy) is 1. The lowest BCUT2D eigenvalue weighted by molar-refractivity contribution is 0.104. The van der Waals surface area contributed by atoms with Gasteiger partial charge in [-0.3, -0.25) is 5.32 Å². The Morgan fingerprint density at radius 2 is 2.21 bits per heavy atom. The maximum Gasteiger partial charge on any atom is 0.0982 e. The third-order valence-electron chi connectivity index (χ3n) is 3.35. The van der Waals surface area contributed by atoms with E-state index >= 15 is 0 Å². The summed E-state index contributed by atoms with van der Waals surface area (Å²) < 4.78 is 5.51. The maximum atomic E-state index is 8.98. The second-order valence-electron chi connectivity index (χ2n) is 4.34. The van der Waals surface area contributed by atoms with Crippen LogP contribution >= 0.6 is 0 Å². The van der Waals surface area contributed by atoms with Crippen molar-refractivity contribution in [1.29, 1.82) is 5.26 Å². The van der Waals surface area contributed by atoms with Gasteiger partial charge in [-0.2, -0.15) is 5.26 Å². The van der Waals surface area contributed by atoms with Gasteiger partial charge in [0.1, 0.15) is 0 Å². The van der Waals surface area contributed by atoms with Gasteiger partial charge in [0.2, 0.25) is 0 Å². The summed E-state index contributed by atoms with van der Waals surface area (Å²) >= 11 is 0. The van der Waals surface area contributed by atoms with Crippen LogP contribution in [0, 0.1) is 17.2 Å². The number of nitrogens with one attached hydrogen (secondary N) is 1. The largest absolute Gasteiger partial charge is 0.377 e. The van der Waals surface area contributed by atoms with Crippen LogP contribution in [0.5, 0.6) is 0 Å². The highest BCUT2D eigenvalue weighted by molar-refractivity contribution is 4.98. The van der Waals surface area contributed by atoms with Gasteiger partial charge in [-0.15, -0.1) is 0 Å². The number of rotatable bonds is 4. The molecule has 0 amide bonds. The van der Waals surface area contributed by atoms with Gasteiger partial charge in [0.25, 0.3) is 0 Å². The molecule has 1 saturated carbocycles. The first-order chi connectivity index (χ1) is 6.90. The van der Waals surface area contributed by atoms with Crippen LogP contribution in [0.4, 0.5) is 0 Å². The Hall–Kier alpha value is -0.590. The second-order valence-corrected chi connectivity index (χ2v) is 4.34. The summed E-state index contributed by atoms with van der Waals surface area (Å²) in [5.74, 6) is 0.599. The van der Waals surface area contributed by atoms with Gasteiger partial charge in [0.05, 0.1) is 18.2 Å². The van der Waals surface area contributed by atoms with E-state index in [1.807, 2.05) is 0 Å². The van der Waals surface area contributed by atoms with Crippen LogP contribution < -0.4 is 5.32 Å². The monoisotopic (exact) mass is 194 g/mol. The van der Waals surface area contributed by atoms with Crippen molar-refractivity contribution >= 4 is 0 Å². The van der Waals surface area contributed by atoms with Crippen molar-refractivity contribution in [2.75, 3.05) is 13.2 Å². The number of hydrogen-bond donors (Lipinski definition) is 1. The molecule has 3 heteroatoms. The molecule has 1 heterocycles. The zero-order valence-corrected chi connectivity index (χ0v) is 8.54. The number of nitrogens with zero attached hydrogens (tertiary/aromatic N) is 1. The molecule has 0 aromatic rings. The Morgan fingerprint density at radius 1 is 1.36 bits per heavy atom. The fourth-order valence-electron chi connectivity index (χ4n) is 2.15. The van der Waals surface area contributed by atoms with Crippen LogP contribution in [0.1, 0.15) is 32.1 Å². The topological polar surface area (TPSA) is 45.0 Å². The van der Waals surface area contributed by atoms with Gasteiger partial charge in [0, 0.05) is 13.2 Å². The number of hydrogen-bond acceptors (Lipinski definition) is 3. The van der Waals surface area contributed by atoms with Gasteiger partial charge in [-0.25, -0.2) is 0 Å². The average Bonchev–Trinajstić information content (AvgIpc) is 2.61. The minimum absolute atomic E-state index is 0.0629. The van der Waals surface area contributed by atoms with Crippen molar-refractivity contribution in [3.63, 3.8) is 0 Å². The van der Waals surface area contributed by atoms with E-state index in [1.165, 1.54) is 25.7 Å². The van der Waals surface area contributed by atoms with Crippen molar-refractivity contribution in [3.05, 3.63) is 0 Å². The Kier molecular flexibility index (Phi) is 3.39. The summed E-state index contributed by atoms with van der Waals surface area (Å²) in [7, 11) is 0. The van der Waals surface area contributed by atoms with Crippen molar-refractivity contribution in [2.45, 2.75) is 44.2 Å². The summed E-state index contributed by atoms with van der Waals surface area (Å²) in [6.07, 6.45) is 6.41. The van der Waals surface area contributed by atoms with Gasteiger partial charge in [0.15, 0.2) is 0 Å². The molecule has 2 atom stereocenters. The van der Waals surface area contributed by atoms with Gasteiger partial charge < -0.3 is 4.74 Å². The van der Waals surface area contributed by atoms with Crippen molar-refractivity contribution in [1.82, 2.24) is 5.32 Å². The van der Waals surface area contributed by atoms with E-state index in [4.69, 9.17) is 10.00 Å². The highest BCUT2D eigenvalue weighted by atomic mass is 16.5. The minimum atomic E-state index is 0.0629. The lowest BCUT2D eigenvalue weighted by Crippen LogP contribution is -2.41. The Morgan fingerprint density at radius 3 is 2.71 bits per heavy atom. The molecule has 3 nitrogen and oxygen atoms in total. The molecule has 2 rings (SSSR count). The molecule has 0 aromatic heterocycles. The highest BCUT2D eigenvalue weighted by Gasteiger charge is 2.27. The normalized spacial score (nSPS) is 29.5. The fraction of sp³-hybridized carbons (Fsp3) is 0.909. The third kappa shape index (κ3) is 2.26. The van der Waals surface area contributed by atoms with Crippen LogP contribution in [0.25, 0.3) is 0 Å². The molecular weight excluding hydrogens is 176 g/mol. The SMILES string of the molecule is N#CC(NCC1CCCO1)C1CCC1. The first-order valence-corrected chi connectivity index (χ1v) is 5.65. The maximum absolute atomic E-state index is 8.98. The Bertz CT molecular complexity index is 214. The zero-order valence-electron chi connectivity index (χ0n) is 8.54. The average molecular weight is 194 g/mol. The molecule has 0 radical (unpaired) electrons. The van der Waals surface area contributed by atoms with Crippen LogP contribution in [-0.2, 0) is 4.74 Å². The van der Waals surface area contributed by atoms with Crippen molar-refractivity contribution in [3.8, 4) is 6.07 Å². The molecule has 14 heavy (non-hydrogen) atoms. The molecule has 2 fully saturated rings. The summed E-state index contributed by atoms with van der Waals surface area (Å²) in [6.45, 7) is 1.75. The molecule has 1 aliphatic heterocycles. The summed E-state index contributed by atoms with van der Waals surface area (Å²) in [5, 5.41) is 12.3. The number of nitriles is 1. The minimum Gasteiger partial charge on any atom is -0.377 e. The fourth-order valence-corrected chi connectivity index (χ4v) is 2.15. The van der Waals surface area contributed by atoms with E-state index < -0.39 is 0 Å². The lowest BCUT2D eigenvalue weighted by atomic mass is 9.80. The Balaban J connectivity index is 1.69. The summed E-state index contributed by atoms with van der Waals surface area (Å²) in [6, 6.07) is 2.42. The van der Waals surface area contributed by atoms with Crippen LogP contribution in [0.2, 0.25) is 0 Å². The predicted molar refractivity (Wildman–Crippen MR) is 53.7 cm³/mol. The van der Waals surface area contributed by atoms with Crippen molar-refractivity contribution in [2.24, 2.45) is 5.92 Å². The quantitative estimate of drug-likeness (QED) is 0.736. The predicted octanol–water partition coefficient (Wildman–Crippen LogP) is 1.45. The van der Waals surface area contributed by atoms with Gasteiger partial charge >= 0.3 is 0 Å². The molecule has 2 unspecified atom stereocenters. The van der Waals surface area contributed by atoms with Crippen LogP contribution in [0.3, 0.4) is 0 Å². The summed E-state index contributed by atoms with van der Waals surface area (Å²) in [5.41, 5.74) is 0. The first kappa shape index (κ1) is 9.95. The molecule has 1 aliphatic carbocycles. The molecule has 0 aromatic carbocycles. The lowest BCUT2D eigenvalue weighted by Gasteiger charge is -2.30. The zero-order chi connectivity index (χ0) is 9.80. The van der Waals surface area contributed by atoms with Gasteiger partial charge in [-0.05, 0) is 31.6 Å². The Labute approximate surface area is 85.4 Å². The van der Waals surface area contributed by atoms with E-state index in [1.54, 1.807) is 0 Å². The van der Waals surface area contributed by atoms with Crippen molar-refractivity contribution < 1.29 is 4.74 Å². The highest BCUT2D eigenvalue weighted by Crippen LogP contribution is 2.29. The standard InChI is InChI=1S/C11H18N2O/c12-7-11(9-3-1-4-9)13-8-10-5-2-6-14-10/h9-11,13H,1-6,8H2. The van der Waals surface area contributed by atoms with Crippen LogP contribution in [0.15, 0.2) is 0 Å². The van der Waals surface area contributed by atoms with E-state index in [9.17, 15) is 0 Å². The molecule has 1 saturated heterocycles. The first-order valence-electron chi connectivity index (χ1n) is 5.65. The summed E-state index contributed by atoms with van der Waals surface area (Å²) in [4.78, 5) is 0. The third-order valence-corrected chi connectivity index (χ3v) is 3.35. The molecule has 1 N–H and O–H groups in total. The van der Waals surface area contributed by atoms with Gasteiger partial charge in [-0.1, -0.05) is 6.42 Å². The van der Waals surface area contributed by atoms with E-state index in [0.29, 0.717) is 12.0 Å². The molecule has 0 bridgehead atoms. The molecule has 2 aliphatic rings. The van der Waals surface area contributed by atoms with E-state index in [-0.39, 0.29) is 6.04 Å². The molecule has 0 spiro atoms. The smallest absolute Gasteiger partial charge is 0.0982 e. The molecular formula is C11H18N2O. The van der Waals surface area contributed by atoms with E-state index in [2.05, 4.69) is 11.4 Å². The molecule has 78 valence electrons. The van der Waals surface area contributed by atoms with E-state index in [0.717, 1.165) is 19.6 Å².